The van der Waals surface area contributed by atoms with E-state index in [0.29, 0.717) is 0 Å². The van der Waals surface area contributed by atoms with Gasteiger partial charge in [0, 0.05) is 5.33 Å². The minimum Gasteiger partial charge on any atom is -0.330 e. The van der Waals surface area contributed by atoms with Gasteiger partial charge in [0.2, 0.25) is 0 Å². The van der Waals surface area contributed by atoms with Gasteiger partial charge in [-0.1, -0.05) is 15.9 Å². The van der Waals surface area contributed by atoms with E-state index in [1.165, 1.54) is 6.42 Å². The van der Waals surface area contributed by atoms with Crippen molar-refractivity contribution in [1.29, 1.82) is 0 Å². The molecule has 0 spiro atoms. The summed E-state index contributed by atoms with van der Waals surface area (Å²) >= 11 is 3.29. The summed E-state index contributed by atoms with van der Waals surface area (Å²) in [6, 6.07) is 0. The number of unbranched alkanes of at least 4 members (excludes halogenated alkanes) is 1. The molecule has 0 aromatic carbocycles. The molecule has 2 N–H and O–H groups in total. The molecule has 0 saturated carbocycles. The van der Waals surface area contributed by atoms with Gasteiger partial charge in [-0.15, -0.1) is 12.4 Å². The fourth-order valence-electron chi connectivity index (χ4n) is 0.239. The SMILES string of the molecule is Cl.NCCCCBr. The van der Waals surface area contributed by atoms with E-state index in [1.54, 1.807) is 0 Å². The van der Waals surface area contributed by atoms with Crippen LogP contribution in [-0.2, 0) is 0 Å². The predicted octanol–water partition coefficient (Wildman–Crippen LogP) is 1.54. The Balaban J connectivity index is 0. The summed E-state index contributed by atoms with van der Waals surface area (Å²) in [5.74, 6) is 0. The quantitative estimate of drug-likeness (QED) is 0.528. The summed E-state index contributed by atoms with van der Waals surface area (Å²) in [4.78, 5) is 0. The standard InChI is InChI=1S/C4H10BrN.ClH/c5-3-1-2-4-6;/h1-4,6H2;1H. The minimum atomic E-state index is 0. The fourth-order valence-corrected chi connectivity index (χ4v) is 0.635. The van der Waals surface area contributed by atoms with E-state index in [0.717, 1.165) is 18.3 Å². The molecule has 0 bridgehead atoms. The van der Waals surface area contributed by atoms with E-state index in [4.69, 9.17) is 5.73 Å². The smallest absolute Gasteiger partial charge is 0.00317 e. The maximum Gasteiger partial charge on any atom is 0.00317 e. The molecular weight excluding hydrogens is 177 g/mol. The summed E-state index contributed by atoms with van der Waals surface area (Å²) in [5.41, 5.74) is 5.19. The molecule has 46 valence electrons. The Morgan fingerprint density at radius 2 is 1.86 bits per heavy atom. The molecule has 0 unspecified atom stereocenters. The molecular formula is C4H11BrClN. The number of halogens is 2. The van der Waals surface area contributed by atoms with Crippen molar-refractivity contribution < 1.29 is 0 Å². The first-order valence-electron chi connectivity index (χ1n) is 2.18. The third-order valence-electron chi connectivity index (χ3n) is 0.588. The summed E-state index contributed by atoms with van der Waals surface area (Å²) < 4.78 is 0. The number of alkyl halides is 1. The van der Waals surface area contributed by atoms with Crippen LogP contribution in [0.15, 0.2) is 0 Å². The Labute approximate surface area is 59.2 Å². The summed E-state index contributed by atoms with van der Waals surface area (Å²) in [6.07, 6.45) is 2.35. The molecule has 1 nitrogen and oxygen atoms in total. The minimum absolute atomic E-state index is 0. The highest BCUT2D eigenvalue weighted by atomic mass is 79.9. The van der Waals surface area contributed by atoms with E-state index >= 15 is 0 Å². The topological polar surface area (TPSA) is 26.0 Å². The molecule has 0 heterocycles. The van der Waals surface area contributed by atoms with Crippen LogP contribution >= 0.6 is 28.3 Å². The van der Waals surface area contributed by atoms with Crippen LogP contribution in [0.1, 0.15) is 12.8 Å². The third-order valence-corrected chi connectivity index (χ3v) is 1.15. The van der Waals surface area contributed by atoms with Gasteiger partial charge in [0.05, 0.1) is 0 Å². The summed E-state index contributed by atoms with van der Waals surface area (Å²) in [6.45, 7) is 0.825. The molecule has 0 aliphatic carbocycles. The lowest BCUT2D eigenvalue weighted by molar-refractivity contribution is 0.818. The first-order chi connectivity index (χ1) is 2.91. The average molecular weight is 188 g/mol. The van der Waals surface area contributed by atoms with Crippen LogP contribution < -0.4 is 5.73 Å². The number of nitrogens with two attached hydrogens (primary N) is 1. The zero-order valence-electron chi connectivity index (χ0n) is 4.19. The Bertz CT molecular complexity index is 23.7. The molecule has 0 aromatic heterocycles. The van der Waals surface area contributed by atoms with Crippen molar-refractivity contribution in [2.24, 2.45) is 5.73 Å². The maximum atomic E-state index is 5.19. The van der Waals surface area contributed by atoms with Crippen molar-refractivity contribution in [1.82, 2.24) is 0 Å². The van der Waals surface area contributed by atoms with Gasteiger partial charge in [-0.2, -0.15) is 0 Å². The van der Waals surface area contributed by atoms with Crippen molar-refractivity contribution in [3.8, 4) is 0 Å². The van der Waals surface area contributed by atoms with E-state index in [2.05, 4.69) is 15.9 Å². The molecule has 0 atom stereocenters. The fraction of sp³-hybridized carbons (Fsp3) is 1.00. The highest BCUT2D eigenvalue weighted by Gasteiger charge is 1.76. The second-order valence-electron chi connectivity index (χ2n) is 1.18. The highest BCUT2D eigenvalue weighted by Crippen LogP contribution is 1.89. The molecule has 3 heteroatoms. The molecule has 0 amide bonds. The van der Waals surface area contributed by atoms with Crippen LogP contribution in [0.5, 0.6) is 0 Å². The van der Waals surface area contributed by atoms with Crippen LogP contribution in [0.4, 0.5) is 0 Å². The van der Waals surface area contributed by atoms with Crippen molar-refractivity contribution in [3.05, 3.63) is 0 Å². The van der Waals surface area contributed by atoms with Crippen LogP contribution in [0.2, 0.25) is 0 Å². The Kier molecular flexibility index (Phi) is 15.0. The molecule has 0 saturated heterocycles. The molecule has 0 radical (unpaired) electrons. The lowest BCUT2D eigenvalue weighted by Crippen LogP contribution is -1.97. The van der Waals surface area contributed by atoms with Gasteiger partial charge in [0.25, 0.3) is 0 Å². The summed E-state index contributed by atoms with van der Waals surface area (Å²) in [7, 11) is 0. The Morgan fingerprint density at radius 1 is 1.29 bits per heavy atom. The lowest BCUT2D eigenvalue weighted by atomic mass is 10.3. The molecule has 0 fully saturated rings. The van der Waals surface area contributed by atoms with E-state index < -0.39 is 0 Å². The second-order valence-corrected chi connectivity index (χ2v) is 1.98. The zero-order valence-corrected chi connectivity index (χ0v) is 6.59. The first-order valence-corrected chi connectivity index (χ1v) is 3.30. The monoisotopic (exact) mass is 187 g/mol. The number of hydrogen-bond donors (Lipinski definition) is 1. The highest BCUT2D eigenvalue weighted by molar-refractivity contribution is 9.09. The molecule has 0 rings (SSSR count). The largest absolute Gasteiger partial charge is 0.330 e. The van der Waals surface area contributed by atoms with Gasteiger partial charge < -0.3 is 5.73 Å². The van der Waals surface area contributed by atoms with Gasteiger partial charge in [-0.25, -0.2) is 0 Å². The molecule has 0 aromatic rings. The molecule has 7 heavy (non-hydrogen) atoms. The van der Waals surface area contributed by atoms with E-state index in [1.807, 2.05) is 0 Å². The summed E-state index contributed by atoms with van der Waals surface area (Å²) in [5, 5.41) is 1.09. The van der Waals surface area contributed by atoms with Crippen LogP contribution in [0.3, 0.4) is 0 Å². The van der Waals surface area contributed by atoms with E-state index in [-0.39, 0.29) is 12.4 Å². The lowest BCUT2D eigenvalue weighted by Gasteiger charge is -1.85. The van der Waals surface area contributed by atoms with Crippen LogP contribution in [0, 0.1) is 0 Å². The third kappa shape index (κ3) is 10.8. The molecule has 0 aliphatic rings. The predicted molar refractivity (Wildman–Crippen MR) is 39.3 cm³/mol. The van der Waals surface area contributed by atoms with Crippen LogP contribution in [-0.4, -0.2) is 11.9 Å². The zero-order chi connectivity index (χ0) is 4.83. The van der Waals surface area contributed by atoms with Crippen molar-refractivity contribution in [2.75, 3.05) is 11.9 Å². The Hall–Kier alpha value is 0.730. The van der Waals surface area contributed by atoms with Gasteiger partial charge in [0.1, 0.15) is 0 Å². The normalized spacial score (nSPS) is 7.71. The van der Waals surface area contributed by atoms with E-state index in [9.17, 15) is 0 Å². The average Bonchev–Trinajstić information content (AvgIpc) is 1.61. The van der Waals surface area contributed by atoms with Gasteiger partial charge in [-0.3, -0.25) is 0 Å². The van der Waals surface area contributed by atoms with Gasteiger partial charge in [-0.05, 0) is 19.4 Å². The Morgan fingerprint density at radius 3 is 2.00 bits per heavy atom. The maximum absolute atomic E-state index is 5.19. The van der Waals surface area contributed by atoms with Crippen molar-refractivity contribution >= 4 is 28.3 Å². The first kappa shape index (κ1) is 10.7. The van der Waals surface area contributed by atoms with Crippen molar-refractivity contribution in [2.45, 2.75) is 12.8 Å². The molecule has 0 aliphatic heterocycles. The number of rotatable bonds is 3. The van der Waals surface area contributed by atoms with Gasteiger partial charge >= 0.3 is 0 Å². The number of hydrogen-bond acceptors (Lipinski definition) is 1. The van der Waals surface area contributed by atoms with Crippen molar-refractivity contribution in [3.63, 3.8) is 0 Å². The second kappa shape index (κ2) is 9.88. The van der Waals surface area contributed by atoms with Gasteiger partial charge in [0.15, 0.2) is 0 Å². The van der Waals surface area contributed by atoms with Crippen LogP contribution in [0.25, 0.3) is 0 Å².